The second-order valence-corrected chi connectivity index (χ2v) is 4.35. The van der Waals surface area contributed by atoms with Gasteiger partial charge in [0.15, 0.2) is 5.82 Å². The van der Waals surface area contributed by atoms with Crippen LogP contribution in [0.4, 0.5) is 0 Å². The van der Waals surface area contributed by atoms with Crippen molar-refractivity contribution in [2.45, 2.75) is 13.0 Å². The predicted octanol–water partition coefficient (Wildman–Crippen LogP) is 0.889. The van der Waals surface area contributed by atoms with E-state index in [0.717, 1.165) is 5.56 Å². The van der Waals surface area contributed by atoms with Crippen molar-refractivity contribution < 1.29 is 9.32 Å². The molecule has 0 radical (unpaired) electrons. The number of hydrogen-bond donors (Lipinski definition) is 2. The molecule has 0 saturated heterocycles. The molecule has 0 bridgehead atoms. The molecular formula is C12H13ClN4O2. The highest BCUT2D eigenvalue weighted by Crippen LogP contribution is 2.17. The van der Waals surface area contributed by atoms with E-state index in [-0.39, 0.29) is 6.54 Å². The first-order chi connectivity index (χ1) is 9.15. The minimum Gasteiger partial charge on any atom is -0.369 e. The molecule has 0 aliphatic rings. The summed E-state index contributed by atoms with van der Waals surface area (Å²) in [4.78, 5) is 14.7. The van der Waals surface area contributed by atoms with Crippen molar-refractivity contribution in [2.75, 3.05) is 6.54 Å². The van der Waals surface area contributed by atoms with Crippen LogP contribution in [-0.2, 0) is 17.8 Å². The molecule has 2 rings (SSSR count). The molecular weight excluding hydrogens is 268 g/mol. The zero-order valence-electron chi connectivity index (χ0n) is 10.1. The first-order valence-electron chi connectivity index (χ1n) is 5.69. The fourth-order valence-corrected chi connectivity index (χ4v) is 1.74. The van der Waals surface area contributed by atoms with Crippen molar-refractivity contribution in [2.24, 2.45) is 5.73 Å². The van der Waals surface area contributed by atoms with Gasteiger partial charge in [-0.1, -0.05) is 35.0 Å². The van der Waals surface area contributed by atoms with E-state index in [1.165, 1.54) is 0 Å². The largest absolute Gasteiger partial charge is 0.369 e. The molecule has 0 saturated carbocycles. The fraction of sp³-hybridized carbons (Fsp3) is 0.250. The van der Waals surface area contributed by atoms with E-state index in [1.54, 1.807) is 0 Å². The van der Waals surface area contributed by atoms with Gasteiger partial charge in [-0.3, -0.25) is 10.1 Å². The third kappa shape index (κ3) is 4.04. The summed E-state index contributed by atoms with van der Waals surface area (Å²) in [5, 5.41) is 7.31. The van der Waals surface area contributed by atoms with Crippen molar-refractivity contribution in [1.82, 2.24) is 15.5 Å². The molecule has 0 aliphatic carbocycles. The lowest BCUT2D eigenvalue weighted by Gasteiger charge is -1.99. The molecule has 6 nitrogen and oxygen atoms in total. The van der Waals surface area contributed by atoms with Crippen LogP contribution in [0.3, 0.4) is 0 Å². The number of aromatic nitrogens is 2. The van der Waals surface area contributed by atoms with Crippen LogP contribution in [0.15, 0.2) is 28.8 Å². The van der Waals surface area contributed by atoms with Gasteiger partial charge in [-0.25, -0.2) is 0 Å². The van der Waals surface area contributed by atoms with Gasteiger partial charge >= 0.3 is 0 Å². The highest BCUT2D eigenvalue weighted by molar-refractivity contribution is 6.31. The molecule has 1 heterocycles. The summed E-state index contributed by atoms with van der Waals surface area (Å²) in [7, 11) is 0. The van der Waals surface area contributed by atoms with Gasteiger partial charge in [0.2, 0.25) is 11.8 Å². The number of carbonyl (C=O) groups excluding carboxylic acids is 1. The zero-order chi connectivity index (χ0) is 13.7. The van der Waals surface area contributed by atoms with E-state index in [2.05, 4.69) is 15.5 Å². The quantitative estimate of drug-likeness (QED) is 0.819. The van der Waals surface area contributed by atoms with Crippen LogP contribution < -0.4 is 11.1 Å². The highest BCUT2D eigenvalue weighted by atomic mass is 35.5. The Kier molecular flexibility index (Phi) is 4.48. The van der Waals surface area contributed by atoms with Gasteiger partial charge in [0.1, 0.15) is 0 Å². The van der Waals surface area contributed by atoms with Crippen LogP contribution in [0, 0.1) is 0 Å². The minimum absolute atomic E-state index is 0.0717. The number of rotatable bonds is 6. The predicted molar refractivity (Wildman–Crippen MR) is 69.5 cm³/mol. The Balaban J connectivity index is 1.94. The van der Waals surface area contributed by atoms with Crippen molar-refractivity contribution >= 4 is 17.5 Å². The second kappa shape index (κ2) is 6.31. The zero-order valence-corrected chi connectivity index (χ0v) is 10.9. The van der Waals surface area contributed by atoms with E-state index in [4.69, 9.17) is 21.9 Å². The number of hydrogen-bond acceptors (Lipinski definition) is 5. The maximum absolute atomic E-state index is 10.6. The smallest absolute Gasteiger partial charge is 0.240 e. The summed E-state index contributed by atoms with van der Waals surface area (Å²) < 4.78 is 5.04. The van der Waals surface area contributed by atoms with Crippen LogP contribution in [0.1, 0.15) is 17.3 Å². The van der Waals surface area contributed by atoms with Crippen LogP contribution in [0.25, 0.3) is 0 Å². The molecule has 1 amide bonds. The summed E-state index contributed by atoms with van der Waals surface area (Å²) in [6.07, 6.45) is 0.499. The summed E-state index contributed by atoms with van der Waals surface area (Å²) in [5.74, 6) is 0.517. The summed E-state index contributed by atoms with van der Waals surface area (Å²) in [6, 6.07) is 7.48. The lowest BCUT2D eigenvalue weighted by atomic mass is 10.1. The third-order valence-electron chi connectivity index (χ3n) is 2.39. The van der Waals surface area contributed by atoms with E-state index in [0.29, 0.717) is 29.7 Å². The average Bonchev–Trinajstić information content (AvgIpc) is 2.79. The third-order valence-corrected chi connectivity index (χ3v) is 2.76. The maximum Gasteiger partial charge on any atom is 0.240 e. The lowest BCUT2D eigenvalue weighted by Crippen LogP contribution is -2.28. The standard InChI is InChI=1S/C12H13ClN4O2/c13-9-4-2-1-3-8(9)5-11-16-12(19-17-11)7-15-6-10(14)18/h1-4,15H,5-7H2,(H2,14,18). The number of amides is 1. The van der Waals surface area contributed by atoms with Crippen molar-refractivity contribution in [3.8, 4) is 0 Å². The molecule has 2 aromatic rings. The average molecular weight is 281 g/mol. The van der Waals surface area contributed by atoms with Crippen LogP contribution in [0.2, 0.25) is 5.02 Å². The van der Waals surface area contributed by atoms with Gasteiger partial charge in [0.05, 0.1) is 13.1 Å². The summed E-state index contributed by atoms with van der Waals surface area (Å²) in [5.41, 5.74) is 5.93. The number of benzene rings is 1. The Hall–Kier alpha value is -1.92. The van der Waals surface area contributed by atoms with Gasteiger partial charge in [0, 0.05) is 11.4 Å². The monoisotopic (exact) mass is 280 g/mol. The summed E-state index contributed by atoms with van der Waals surface area (Å²) >= 11 is 6.05. The molecule has 1 aromatic carbocycles. The Bertz CT molecular complexity index is 570. The lowest BCUT2D eigenvalue weighted by molar-refractivity contribution is -0.117. The Morgan fingerprint density at radius 3 is 2.95 bits per heavy atom. The van der Waals surface area contributed by atoms with E-state index in [1.807, 2.05) is 24.3 Å². The first-order valence-corrected chi connectivity index (χ1v) is 6.07. The van der Waals surface area contributed by atoms with Gasteiger partial charge in [-0.15, -0.1) is 0 Å². The summed E-state index contributed by atoms with van der Waals surface area (Å²) in [6.45, 7) is 0.376. The minimum atomic E-state index is -0.434. The fourth-order valence-electron chi connectivity index (χ4n) is 1.54. The Morgan fingerprint density at radius 1 is 1.42 bits per heavy atom. The molecule has 1 aromatic heterocycles. The number of nitrogens with zero attached hydrogens (tertiary/aromatic N) is 2. The highest BCUT2D eigenvalue weighted by Gasteiger charge is 2.08. The molecule has 0 aliphatic heterocycles. The van der Waals surface area contributed by atoms with Gasteiger partial charge in [-0.2, -0.15) is 4.98 Å². The number of nitrogens with one attached hydrogen (secondary N) is 1. The number of nitrogens with two attached hydrogens (primary N) is 1. The first kappa shape index (κ1) is 13.5. The topological polar surface area (TPSA) is 94.0 Å². The van der Waals surface area contributed by atoms with Gasteiger partial charge in [0.25, 0.3) is 0 Å². The van der Waals surface area contributed by atoms with E-state index in [9.17, 15) is 4.79 Å². The van der Waals surface area contributed by atoms with Gasteiger partial charge in [-0.05, 0) is 11.6 Å². The normalized spacial score (nSPS) is 10.6. The van der Waals surface area contributed by atoms with E-state index < -0.39 is 5.91 Å². The molecule has 0 unspecified atom stereocenters. The Morgan fingerprint density at radius 2 is 2.21 bits per heavy atom. The number of halogens is 1. The second-order valence-electron chi connectivity index (χ2n) is 3.94. The van der Waals surface area contributed by atoms with Crippen LogP contribution >= 0.6 is 11.6 Å². The molecule has 0 fully saturated rings. The SMILES string of the molecule is NC(=O)CNCc1nc(Cc2ccccc2Cl)no1. The van der Waals surface area contributed by atoms with Crippen molar-refractivity contribution in [1.29, 1.82) is 0 Å². The van der Waals surface area contributed by atoms with Gasteiger partial charge < -0.3 is 10.3 Å². The molecule has 3 N–H and O–H groups in total. The molecule has 7 heteroatoms. The van der Waals surface area contributed by atoms with Crippen molar-refractivity contribution in [3.63, 3.8) is 0 Å². The van der Waals surface area contributed by atoms with E-state index >= 15 is 0 Å². The van der Waals surface area contributed by atoms with Crippen LogP contribution in [0.5, 0.6) is 0 Å². The molecule has 19 heavy (non-hydrogen) atoms. The molecule has 0 atom stereocenters. The Labute approximate surface area is 114 Å². The van der Waals surface area contributed by atoms with Crippen LogP contribution in [-0.4, -0.2) is 22.6 Å². The number of primary amides is 1. The maximum atomic E-state index is 10.6. The number of carbonyl (C=O) groups is 1. The molecule has 0 spiro atoms. The van der Waals surface area contributed by atoms with Crippen molar-refractivity contribution in [3.05, 3.63) is 46.6 Å². The molecule has 100 valence electrons.